The molecule has 1 aliphatic heterocycles. The Morgan fingerprint density at radius 2 is 2.07 bits per heavy atom. The third-order valence-electron chi connectivity index (χ3n) is 4.78. The van der Waals surface area contributed by atoms with Crippen LogP contribution >= 0.6 is 11.6 Å². The summed E-state index contributed by atoms with van der Waals surface area (Å²) in [6, 6.07) is 6.80. The Morgan fingerprint density at radius 3 is 2.71 bits per heavy atom. The van der Waals surface area contributed by atoms with Crippen LogP contribution in [0, 0.1) is 0 Å². The summed E-state index contributed by atoms with van der Waals surface area (Å²) in [5, 5.41) is 7.78. The largest absolute Gasteiger partial charge is 0.322 e. The smallest absolute Gasteiger partial charge is 0.242 e. The van der Waals surface area contributed by atoms with Crippen molar-refractivity contribution in [3.05, 3.63) is 47.2 Å². The van der Waals surface area contributed by atoms with Crippen LogP contribution < -0.4 is 5.32 Å². The highest BCUT2D eigenvalue weighted by Gasteiger charge is 2.37. The Bertz CT molecular complexity index is 912. The average Bonchev–Trinajstić information content (AvgIpc) is 3.23. The van der Waals surface area contributed by atoms with Crippen molar-refractivity contribution in [2.45, 2.75) is 45.2 Å². The number of nitrogens with one attached hydrogen (secondary N) is 1. The Labute approximate surface area is 170 Å². The van der Waals surface area contributed by atoms with Crippen LogP contribution in [-0.4, -0.2) is 46.8 Å². The van der Waals surface area contributed by atoms with Gasteiger partial charge in [-0.1, -0.05) is 43.5 Å². The van der Waals surface area contributed by atoms with Gasteiger partial charge in [0.2, 0.25) is 15.9 Å². The zero-order chi connectivity index (χ0) is 20.1. The molecule has 152 valence electrons. The number of anilines is 1. The highest BCUT2D eigenvalue weighted by atomic mass is 35.5. The topological polar surface area (TPSA) is 84.3 Å². The second kappa shape index (κ2) is 9.07. The summed E-state index contributed by atoms with van der Waals surface area (Å²) < 4.78 is 27.6. The molecule has 1 aromatic carbocycles. The lowest BCUT2D eigenvalue weighted by Crippen LogP contribution is -2.44. The predicted molar refractivity (Wildman–Crippen MR) is 110 cm³/mol. The molecule has 1 amide bonds. The number of halogens is 1. The summed E-state index contributed by atoms with van der Waals surface area (Å²) in [5.74, 6) is -0.188. The fourth-order valence-electron chi connectivity index (χ4n) is 3.33. The van der Waals surface area contributed by atoms with Gasteiger partial charge < -0.3 is 5.32 Å². The third kappa shape index (κ3) is 5.12. The first-order chi connectivity index (χ1) is 13.4. The Kier molecular flexibility index (Phi) is 6.74. The molecule has 7 nitrogen and oxygen atoms in total. The van der Waals surface area contributed by atoms with Crippen LogP contribution in [0.15, 0.2) is 36.7 Å². The van der Waals surface area contributed by atoms with Crippen LogP contribution in [0.5, 0.6) is 0 Å². The molecule has 9 heteroatoms. The van der Waals surface area contributed by atoms with Gasteiger partial charge in [-0.15, -0.1) is 0 Å². The third-order valence-corrected chi connectivity index (χ3v) is 6.99. The SMILES string of the molecule is CCCC[C@H](C(=O)Nc1cnn(Cc2ccc(Cl)cc2)c1)N1CCCS1(=O)=O. The number of hydrogen-bond acceptors (Lipinski definition) is 4. The van der Waals surface area contributed by atoms with Crippen molar-refractivity contribution >= 4 is 33.2 Å². The van der Waals surface area contributed by atoms with Gasteiger partial charge in [0.15, 0.2) is 0 Å². The van der Waals surface area contributed by atoms with E-state index in [0.717, 1.165) is 18.4 Å². The lowest BCUT2D eigenvalue weighted by Gasteiger charge is -2.25. The molecule has 28 heavy (non-hydrogen) atoms. The van der Waals surface area contributed by atoms with E-state index in [1.165, 1.54) is 4.31 Å². The second-order valence-corrected chi connectivity index (χ2v) is 9.46. The minimum absolute atomic E-state index is 0.113. The Hall–Kier alpha value is -1.90. The molecule has 0 unspecified atom stereocenters. The Morgan fingerprint density at radius 1 is 1.32 bits per heavy atom. The average molecular weight is 425 g/mol. The summed E-state index contributed by atoms with van der Waals surface area (Å²) in [6.45, 7) is 2.97. The minimum atomic E-state index is -3.35. The number of sulfonamides is 1. The number of carbonyl (C=O) groups excluding carboxylic acids is 1. The number of benzene rings is 1. The summed E-state index contributed by atoms with van der Waals surface area (Å²) in [5.41, 5.74) is 1.59. The van der Waals surface area contributed by atoms with Crippen LogP contribution in [0.2, 0.25) is 5.02 Å². The van der Waals surface area contributed by atoms with Crippen LogP contribution in [0.1, 0.15) is 38.2 Å². The molecule has 2 aromatic rings. The van der Waals surface area contributed by atoms with Gasteiger partial charge in [0.1, 0.15) is 6.04 Å². The van der Waals surface area contributed by atoms with Gasteiger partial charge in [-0.05, 0) is 30.5 Å². The monoisotopic (exact) mass is 424 g/mol. The number of hydrogen-bond donors (Lipinski definition) is 1. The van der Waals surface area contributed by atoms with Crippen LogP contribution in [0.4, 0.5) is 5.69 Å². The zero-order valence-electron chi connectivity index (χ0n) is 15.8. The molecule has 0 bridgehead atoms. The predicted octanol–water partition coefficient (Wildman–Crippen LogP) is 3.12. The first-order valence-corrected chi connectivity index (χ1v) is 11.4. The fraction of sp³-hybridized carbons (Fsp3) is 0.474. The highest BCUT2D eigenvalue weighted by molar-refractivity contribution is 7.89. The quantitative estimate of drug-likeness (QED) is 0.705. The lowest BCUT2D eigenvalue weighted by atomic mass is 10.1. The van der Waals surface area contributed by atoms with Gasteiger partial charge in [0, 0.05) is 17.8 Å². The molecule has 1 saturated heterocycles. The Balaban J connectivity index is 1.68. The zero-order valence-corrected chi connectivity index (χ0v) is 17.4. The van der Waals surface area contributed by atoms with Crippen LogP contribution in [-0.2, 0) is 21.4 Å². The number of rotatable bonds is 8. The standard InChI is InChI=1S/C19H25ClN4O3S/c1-2-3-5-18(24-10-4-11-28(24,26)27)19(25)22-17-12-21-23(14-17)13-15-6-8-16(20)9-7-15/h6-9,12,14,18H,2-5,10-11,13H2,1H3,(H,22,25)/t18-/m1/s1. The van der Waals surface area contributed by atoms with E-state index in [1.54, 1.807) is 17.1 Å². The van der Waals surface area contributed by atoms with Crippen LogP contribution in [0.25, 0.3) is 0 Å². The van der Waals surface area contributed by atoms with Gasteiger partial charge in [0.05, 0.1) is 24.2 Å². The van der Waals surface area contributed by atoms with E-state index in [2.05, 4.69) is 10.4 Å². The number of carbonyl (C=O) groups is 1. The second-order valence-electron chi connectivity index (χ2n) is 6.98. The highest BCUT2D eigenvalue weighted by Crippen LogP contribution is 2.22. The van der Waals surface area contributed by atoms with Crippen LogP contribution in [0.3, 0.4) is 0 Å². The van der Waals surface area contributed by atoms with Crippen molar-refractivity contribution in [1.29, 1.82) is 0 Å². The molecule has 1 fully saturated rings. The van der Waals surface area contributed by atoms with Crippen molar-refractivity contribution in [1.82, 2.24) is 14.1 Å². The molecule has 1 aromatic heterocycles. The van der Waals surface area contributed by atoms with E-state index in [4.69, 9.17) is 11.6 Å². The van der Waals surface area contributed by atoms with Gasteiger partial charge >= 0.3 is 0 Å². The maximum atomic E-state index is 12.8. The molecule has 1 atom stereocenters. The summed E-state index contributed by atoms with van der Waals surface area (Å²) >= 11 is 5.90. The van der Waals surface area contributed by atoms with Crippen molar-refractivity contribution in [2.24, 2.45) is 0 Å². The van der Waals surface area contributed by atoms with E-state index in [9.17, 15) is 13.2 Å². The molecule has 2 heterocycles. The molecule has 0 saturated carbocycles. The van der Waals surface area contributed by atoms with Crippen molar-refractivity contribution < 1.29 is 13.2 Å². The molecule has 3 rings (SSSR count). The summed E-state index contributed by atoms with van der Waals surface area (Å²) in [6.07, 6.45) is 6.08. The maximum absolute atomic E-state index is 12.8. The molecule has 0 aliphatic carbocycles. The first-order valence-electron chi connectivity index (χ1n) is 9.46. The summed E-state index contributed by atoms with van der Waals surface area (Å²) in [7, 11) is -3.35. The first kappa shape index (κ1) is 20.8. The minimum Gasteiger partial charge on any atom is -0.322 e. The van der Waals surface area contributed by atoms with E-state index in [0.29, 0.717) is 36.6 Å². The van der Waals surface area contributed by atoms with E-state index in [1.807, 2.05) is 31.2 Å². The van der Waals surface area contributed by atoms with Gasteiger partial charge in [-0.3, -0.25) is 9.48 Å². The fourth-order valence-corrected chi connectivity index (χ4v) is 5.18. The number of amides is 1. The van der Waals surface area contributed by atoms with Gasteiger partial charge in [-0.2, -0.15) is 9.40 Å². The number of unbranched alkanes of at least 4 members (excludes halogenated alkanes) is 1. The van der Waals surface area contributed by atoms with Gasteiger partial charge in [-0.25, -0.2) is 8.42 Å². The molecule has 0 spiro atoms. The van der Waals surface area contributed by atoms with Crippen molar-refractivity contribution in [3.8, 4) is 0 Å². The number of aromatic nitrogens is 2. The summed E-state index contributed by atoms with van der Waals surface area (Å²) in [4.78, 5) is 12.8. The van der Waals surface area contributed by atoms with E-state index >= 15 is 0 Å². The molecule has 1 aliphatic rings. The molecule has 0 radical (unpaired) electrons. The normalized spacial score (nSPS) is 17.5. The molecular formula is C19H25ClN4O3S. The van der Waals surface area contributed by atoms with E-state index < -0.39 is 16.1 Å². The van der Waals surface area contributed by atoms with Crippen molar-refractivity contribution in [2.75, 3.05) is 17.6 Å². The number of nitrogens with zero attached hydrogens (tertiary/aromatic N) is 3. The maximum Gasteiger partial charge on any atom is 0.242 e. The van der Waals surface area contributed by atoms with Gasteiger partial charge in [0.25, 0.3) is 0 Å². The van der Waals surface area contributed by atoms with Crippen molar-refractivity contribution in [3.63, 3.8) is 0 Å². The van der Waals surface area contributed by atoms with E-state index in [-0.39, 0.29) is 11.7 Å². The lowest BCUT2D eigenvalue weighted by molar-refractivity contribution is -0.119. The molecular weight excluding hydrogens is 400 g/mol. The molecule has 1 N–H and O–H groups in total.